The molecule has 0 spiro atoms. The van der Waals surface area contributed by atoms with E-state index in [0.717, 1.165) is 22.9 Å². The minimum Gasteiger partial charge on any atom is -0.354 e. The Morgan fingerprint density at radius 1 is 1.13 bits per heavy atom. The minimum atomic E-state index is 0.113. The topological polar surface area (TPSA) is 44.7 Å². The molecule has 2 nitrogen and oxygen atoms in total. The average molecular weight is 200 g/mol. The van der Waals surface area contributed by atoms with Crippen molar-refractivity contribution in [2.24, 2.45) is 0 Å². The van der Waals surface area contributed by atoms with Crippen LogP contribution in [0.3, 0.4) is 0 Å². The van der Waals surface area contributed by atoms with Crippen molar-refractivity contribution in [2.45, 2.75) is 13.5 Å². The first-order valence-corrected chi connectivity index (χ1v) is 5.05. The van der Waals surface area contributed by atoms with E-state index < -0.39 is 0 Å². The van der Waals surface area contributed by atoms with Gasteiger partial charge in [0.2, 0.25) is 0 Å². The Balaban J connectivity index is 2.83. The molecule has 0 aromatic heterocycles. The molecule has 0 aliphatic rings. The summed E-state index contributed by atoms with van der Waals surface area (Å²) in [6.07, 6.45) is 0. The van der Waals surface area contributed by atoms with Crippen LogP contribution in [0.5, 0.6) is 0 Å². The first kappa shape index (κ1) is 9.87. The molecule has 0 aliphatic heterocycles. The van der Waals surface area contributed by atoms with Crippen LogP contribution in [-0.4, -0.2) is 5.78 Å². The smallest absolute Gasteiger partial charge is 0.160 e. The summed E-state index contributed by atoms with van der Waals surface area (Å²) in [4.78, 5) is 11.4. The third-order valence-corrected chi connectivity index (χ3v) is 2.66. The molecule has 0 saturated carbocycles. The predicted molar refractivity (Wildman–Crippen MR) is 60.5 cm³/mol. The highest BCUT2D eigenvalue weighted by Gasteiger charge is 2.08. The molecule has 0 saturated heterocycles. The van der Waals surface area contributed by atoms with Crippen LogP contribution in [0.2, 0.25) is 0 Å². The maximum atomic E-state index is 11.4. The fourth-order valence-corrected chi connectivity index (χ4v) is 1.89. The molecule has 2 aromatic rings. The van der Waals surface area contributed by atoms with Crippen LogP contribution in [0.25, 0.3) is 10.8 Å². The summed E-state index contributed by atoms with van der Waals surface area (Å²) in [5, 5.41) is 2.17. The molecule has 15 heavy (non-hydrogen) atoms. The highest BCUT2D eigenvalue weighted by Crippen LogP contribution is 2.22. The van der Waals surface area contributed by atoms with Gasteiger partial charge in [-0.25, -0.2) is 0 Å². The van der Waals surface area contributed by atoms with Gasteiger partial charge in [0.15, 0.2) is 5.78 Å². The van der Waals surface area contributed by atoms with Crippen LogP contribution in [-0.2, 0) is 6.54 Å². The van der Waals surface area contributed by atoms with Gasteiger partial charge in [-0.05, 0) is 17.7 Å². The number of hydrogen-bond acceptors (Lipinski definition) is 1. The van der Waals surface area contributed by atoms with E-state index in [0.29, 0.717) is 0 Å². The lowest BCUT2D eigenvalue weighted by Gasteiger charge is -2.06. The summed E-state index contributed by atoms with van der Waals surface area (Å²) in [5.41, 5.74) is 5.88. The van der Waals surface area contributed by atoms with Crippen molar-refractivity contribution < 1.29 is 10.5 Å². The second kappa shape index (κ2) is 3.83. The highest BCUT2D eigenvalue weighted by atomic mass is 16.1. The molecule has 0 fully saturated rings. The lowest BCUT2D eigenvalue weighted by atomic mass is 9.98. The van der Waals surface area contributed by atoms with Gasteiger partial charge >= 0.3 is 0 Å². The molecule has 2 heteroatoms. The number of quaternary nitrogens is 1. The number of hydrogen-bond donors (Lipinski definition) is 1. The Morgan fingerprint density at radius 3 is 2.40 bits per heavy atom. The van der Waals surface area contributed by atoms with Crippen molar-refractivity contribution in [1.82, 2.24) is 0 Å². The van der Waals surface area contributed by atoms with E-state index in [1.54, 1.807) is 6.92 Å². The number of ketones is 1. The zero-order valence-corrected chi connectivity index (χ0v) is 8.79. The van der Waals surface area contributed by atoms with Crippen LogP contribution in [0.1, 0.15) is 22.8 Å². The van der Waals surface area contributed by atoms with Crippen molar-refractivity contribution in [3.8, 4) is 0 Å². The highest BCUT2D eigenvalue weighted by molar-refractivity contribution is 6.07. The number of carbonyl (C=O) groups is 1. The zero-order chi connectivity index (χ0) is 10.8. The maximum absolute atomic E-state index is 11.4. The third-order valence-electron chi connectivity index (χ3n) is 2.66. The van der Waals surface area contributed by atoms with E-state index in [2.05, 4.69) is 5.73 Å². The quantitative estimate of drug-likeness (QED) is 0.738. The van der Waals surface area contributed by atoms with Gasteiger partial charge in [-0.15, -0.1) is 0 Å². The molecule has 0 radical (unpaired) electrons. The molecule has 0 heterocycles. The Hall–Kier alpha value is -1.67. The molecule has 2 aromatic carbocycles. The number of carbonyl (C=O) groups excluding carboxylic acids is 1. The van der Waals surface area contributed by atoms with Crippen molar-refractivity contribution >= 4 is 16.6 Å². The molecule has 0 unspecified atom stereocenters. The van der Waals surface area contributed by atoms with E-state index in [-0.39, 0.29) is 5.78 Å². The largest absolute Gasteiger partial charge is 0.354 e. The average Bonchev–Trinajstić information content (AvgIpc) is 2.27. The van der Waals surface area contributed by atoms with E-state index >= 15 is 0 Å². The van der Waals surface area contributed by atoms with Gasteiger partial charge < -0.3 is 5.73 Å². The lowest BCUT2D eigenvalue weighted by molar-refractivity contribution is -0.386. The second-order valence-electron chi connectivity index (χ2n) is 3.62. The lowest BCUT2D eigenvalue weighted by Crippen LogP contribution is -2.47. The molecule has 76 valence electrons. The van der Waals surface area contributed by atoms with Crippen molar-refractivity contribution in [3.05, 3.63) is 47.5 Å². The SMILES string of the molecule is CC(=O)c1ccc(C[NH3+])c2ccccc12. The van der Waals surface area contributed by atoms with Gasteiger partial charge in [0, 0.05) is 11.1 Å². The van der Waals surface area contributed by atoms with Gasteiger partial charge in [0.1, 0.15) is 6.54 Å². The van der Waals surface area contributed by atoms with Gasteiger partial charge in [-0.1, -0.05) is 36.4 Å². The van der Waals surface area contributed by atoms with E-state index in [1.165, 1.54) is 5.56 Å². The van der Waals surface area contributed by atoms with Gasteiger partial charge in [0.05, 0.1) is 0 Å². The van der Waals surface area contributed by atoms with Gasteiger partial charge in [-0.2, -0.15) is 0 Å². The normalized spacial score (nSPS) is 10.5. The number of rotatable bonds is 2. The Kier molecular flexibility index (Phi) is 2.52. The molecule has 2 rings (SSSR count). The first-order valence-electron chi connectivity index (χ1n) is 5.05. The predicted octanol–water partition coefficient (Wildman–Crippen LogP) is 1.78. The monoisotopic (exact) mass is 200 g/mol. The second-order valence-corrected chi connectivity index (χ2v) is 3.62. The van der Waals surface area contributed by atoms with Crippen LogP contribution in [0.4, 0.5) is 0 Å². The Bertz CT molecular complexity index is 517. The number of benzene rings is 2. The molecule has 0 bridgehead atoms. The molecular weight excluding hydrogens is 186 g/mol. The fraction of sp³-hybridized carbons (Fsp3) is 0.154. The van der Waals surface area contributed by atoms with Crippen molar-refractivity contribution in [2.75, 3.05) is 0 Å². The summed E-state index contributed by atoms with van der Waals surface area (Å²) in [6, 6.07) is 11.9. The van der Waals surface area contributed by atoms with Crippen LogP contribution < -0.4 is 5.73 Å². The van der Waals surface area contributed by atoms with Crippen LogP contribution >= 0.6 is 0 Å². The van der Waals surface area contributed by atoms with Crippen molar-refractivity contribution in [3.63, 3.8) is 0 Å². The summed E-state index contributed by atoms with van der Waals surface area (Å²) in [7, 11) is 0. The number of Topliss-reactive ketones (excluding diaryl/α,β-unsaturated/α-hetero) is 1. The van der Waals surface area contributed by atoms with Crippen molar-refractivity contribution in [1.29, 1.82) is 0 Å². The fourth-order valence-electron chi connectivity index (χ4n) is 1.89. The van der Waals surface area contributed by atoms with Gasteiger partial charge in [0.25, 0.3) is 0 Å². The molecule has 3 N–H and O–H groups in total. The summed E-state index contributed by atoms with van der Waals surface area (Å²) < 4.78 is 0. The molecular formula is C13H14NO+. The molecule has 0 amide bonds. The zero-order valence-electron chi connectivity index (χ0n) is 8.79. The Labute approximate surface area is 88.7 Å². The number of fused-ring (bicyclic) bond motifs is 1. The summed E-state index contributed by atoms with van der Waals surface area (Å²) in [5.74, 6) is 0.113. The standard InChI is InChI=1S/C13H13NO/c1-9(15)11-7-6-10(8-14)12-4-2-3-5-13(11)12/h2-7H,8,14H2,1H3/p+1. The molecule has 0 atom stereocenters. The van der Waals surface area contributed by atoms with E-state index in [1.807, 2.05) is 36.4 Å². The Morgan fingerprint density at radius 2 is 1.80 bits per heavy atom. The first-order chi connectivity index (χ1) is 7.24. The minimum absolute atomic E-state index is 0.113. The van der Waals surface area contributed by atoms with E-state index in [4.69, 9.17) is 0 Å². The molecule has 0 aliphatic carbocycles. The third kappa shape index (κ3) is 1.64. The maximum Gasteiger partial charge on any atom is 0.160 e. The van der Waals surface area contributed by atoms with Crippen LogP contribution in [0, 0.1) is 0 Å². The van der Waals surface area contributed by atoms with E-state index in [9.17, 15) is 4.79 Å². The van der Waals surface area contributed by atoms with Gasteiger partial charge in [-0.3, -0.25) is 4.79 Å². The summed E-state index contributed by atoms with van der Waals surface area (Å²) >= 11 is 0. The summed E-state index contributed by atoms with van der Waals surface area (Å²) in [6.45, 7) is 2.35. The van der Waals surface area contributed by atoms with Crippen LogP contribution in [0.15, 0.2) is 36.4 Å².